The highest BCUT2D eigenvalue weighted by Gasteiger charge is 2.35. The van der Waals surface area contributed by atoms with E-state index in [1.54, 1.807) is 6.07 Å². The Hall–Kier alpha value is -3.19. The fraction of sp³-hybridized carbons (Fsp3) is 0.439. The predicted octanol–water partition coefficient (Wildman–Crippen LogP) is 8.39. The second kappa shape index (κ2) is 16.4. The van der Waals surface area contributed by atoms with Gasteiger partial charge in [-0.2, -0.15) is 13.2 Å². The summed E-state index contributed by atoms with van der Waals surface area (Å²) in [6, 6.07) is 27.2. The van der Waals surface area contributed by atoms with Crippen LogP contribution >= 0.6 is 24.0 Å². The number of benzene rings is 4. The number of hydrogen-bond acceptors (Lipinski definition) is 8. The highest BCUT2D eigenvalue weighted by molar-refractivity contribution is 7.99. The van der Waals surface area contributed by atoms with Crippen LogP contribution in [0.2, 0.25) is 0 Å². The van der Waals surface area contributed by atoms with Crippen LogP contribution in [-0.4, -0.2) is 105 Å². The molecule has 1 atom stereocenters. The molecule has 0 aromatic heterocycles. The molecule has 0 radical (unpaired) electrons. The molecule has 2 saturated heterocycles. The Kier molecular flexibility index (Phi) is 11.7. The smallest absolute Gasteiger partial charge is 0.416 e. The zero-order valence-corrected chi connectivity index (χ0v) is 31.4. The first-order chi connectivity index (χ1) is 25.1. The molecule has 1 unspecified atom stereocenters. The molecule has 3 aliphatic heterocycles. The van der Waals surface area contributed by atoms with E-state index in [-0.39, 0.29) is 5.41 Å². The molecule has 0 aliphatic carbocycles. The first-order valence-electron chi connectivity index (χ1n) is 18.3. The zero-order chi connectivity index (χ0) is 36.1. The number of morpholine rings is 1. The lowest BCUT2D eigenvalue weighted by Crippen LogP contribution is -2.49. The van der Waals surface area contributed by atoms with Crippen molar-refractivity contribution in [3.05, 3.63) is 96.1 Å². The molecule has 11 heteroatoms. The van der Waals surface area contributed by atoms with Gasteiger partial charge >= 0.3 is 6.18 Å². The maximum atomic E-state index is 13.6. The summed E-state index contributed by atoms with van der Waals surface area (Å²) in [5.74, 6) is 0. The molecule has 6 nitrogen and oxygen atoms in total. The summed E-state index contributed by atoms with van der Waals surface area (Å²) in [5, 5.41) is 3.15. The Bertz CT molecular complexity index is 1840. The van der Waals surface area contributed by atoms with E-state index in [9.17, 15) is 13.2 Å². The van der Waals surface area contributed by atoms with Gasteiger partial charge in [0.15, 0.2) is 5.05 Å². The number of halogens is 3. The molecule has 0 saturated carbocycles. The van der Waals surface area contributed by atoms with Gasteiger partial charge in [-0.3, -0.25) is 9.80 Å². The van der Waals surface area contributed by atoms with Crippen molar-refractivity contribution in [1.82, 2.24) is 14.7 Å². The summed E-state index contributed by atoms with van der Waals surface area (Å²) in [7, 11) is 0. The van der Waals surface area contributed by atoms with Crippen LogP contribution in [0.1, 0.15) is 24.5 Å². The van der Waals surface area contributed by atoms with E-state index in [2.05, 4.69) is 69.0 Å². The van der Waals surface area contributed by atoms with Crippen LogP contribution in [0.5, 0.6) is 0 Å². The highest BCUT2D eigenvalue weighted by Crippen LogP contribution is 2.49. The van der Waals surface area contributed by atoms with Crippen molar-refractivity contribution in [3.8, 4) is 0 Å². The van der Waals surface area contributed by atoms with Crippen molar-refractivity contribution in [2.24, 2.45) is 5.41 Å². The fourth-order valence-electron chi connectivity index (χ4n) is 7.62. The van der Waals surface area contributed by atoms with E-state index >= 15 is 0 Å². The third kappa shape index (κ3) is 8.94. The van der Waals surface area contributed by atoms with Crippen molar-refractivity contribution < 1.29 is 22.6 Å². The molecule has 2 fully saturated rings. The number of fused-ring (bicyclic) bond motifs is 3. The average molecular weight is 749 g/mol. The van der Waals surface area contributed by atoms with Crippen LogP contribution in [0.4, 0.5) is 24.5 Å². The minimum atomic E-state index is -4.38. The van der Waals surface area contributed by atoms with Crippen LogP contribution in [0.15, 0.2) is 94.7 Å². The zero-order valence-electron chi connectivity index (χ0n) is 29.7. The van der Waals surface area contributed by atoms with Crippen molar-refractivity contribution in [1.29, 1.82) is 0 Å². The van der Waals surface area contributed by atoms with Gasteiger partial charge in [0.2, 0.25) is 0 Å². The molecule has 0 spiro atoms. The lowest BCUT2D eigenvalue weighted by atomic mass is 9.83. The van der Waals surface area contributed by atoms with Crippen LogP contribution in [0.3, 0.4) is 0 Å². The van der Waals surface area contributed by atoms with Gasteiger partial charge in [-0.15, -0.1) is 0 Å². The minimum Gasteiger partial charge on any atom is -0.485 e. The molecule has 276 valence electrons. The molecular formula is C41H47F3N4O2S2. The number of hydrogen-bond donors (Lipinski definition) is 0. The van der Waals surface area contributed by atoms with Gasteiger partial charge < -0.3 is 19.3 Å². The summed E-state index contributed by atoms with van der Waals surface area (Å²) in [6.45, 7) is 13.1. The summed E-state index contributed by atoms with van der Waals surface area (Å²) in [4.78, 5) is 11.3. The molecule has 52 heavy (non-hydrogen) atoms. The number of thiocarbonyl (C=S) groups is 1. The van der Waals surface area contributed by atoms with E-state index in [1.807, 2.05) is 24.3 Å². The second-order valence-electron chi connectivity index (χ2n) is 14.4. The number of ether oxygens (including phenoxy) is 2. The topological polar surface area (TPSA) is 31.4 Å². The molecule has 7 rings (SSSR count). The first-order valence-corrected chi connectivity index (χ1v) is 19.5. The highest BCUT2D eigenvalue weighted by atomic mass is 32.2. The van der Waals surface area contributed by atoms with E-state index in [0.717, 1.165) is 100 Å². The molecule has 4 aromatic rings. The predicted molar refractivity (Wildman–Crippen MR) is 208 cm³/mol. The number of alkyl halides is 3. The van der Waals surface area contributed by atoms with Gasteiger partial charge in [0.1, 0.15) is 6.61 Å². The largest absolute Gasteiger partial charge is 0.485 e. The Morgan fingerprint density at radius 1 is 0.750 bits per heavy atom. The third-order valence-electron chi connectivity index (χ3n) is 10.5. The lowest BCUT2D eigenvalue weighted by Gasteiger charge is -2.38. The maximum Gasteiger partial charge on any atom is 0.416 e. The van der Waals surface area contributed by atoms with E-state index < -0.39 is 11.7 Å². The van der Waals surface area contributed by atoms with E-state index in [1.165, 1.54) is 40.2 Å². The Morgan fingerprint density at radius 3 is 2.21 bits per heavy atom. The summed E-state index contributed by atoms with van der Waals surface area (Å²) in [5.41, 5.74) is 1.94. The second-order valence-corrected chi connectivity index (χ2v) is 15.8. The van der Waals surface area contributed by atoms with E-state index in [4.69, 9.17) is 21.7 Å². The van der Waals surface area contributed by atoms with Crippen LogP contribution in [0, 0.1) is 5.41 Å². The van der Waals surface area contributed by atoms with Crippen molar-refractivity contribution in [2.45, 2.75) is 35.7 Å². The number of piperazine rings is 1. The van der Waals surface area contributed by atoms with Gasteiger partial charge in [-0.1, -0.05) is 73.3 Å². The molecular weight excluding hydrogens is 702 g/mol. The van der Waals surface area contributed by atoms with Gasteiger partial charge in [-0.25, -0.2) is 0 Å². The van der Waals surface area contributed by atoms with Crippen LogP contribution in [-0.2, 0) is 22.1 Å². The first kappa shape index (κ1) is 37.1. The van der Waals surface area contributed by atoms with Crippen molar-refractivity contribution in [2.75, 3.05) is 90.2 Å². The van der Waals surface area contributed by atoms with Crippen LogP contribution < -0.4 is 4.90 Å². The molecule has 3 aliphatic rings. The Morgan fingerprint density at radius 2 is 1.44 bits per heavy atom. The van der Waals surface area contributed by atoms with Gasteiger partial charge in [0.05, 0.1) is 35.6 Å². The quantitative estimate of drug-likeness (QED) is 0.134. The lowest BCUT2D eigenvalue weighted by molar-refractivity contribution is -0.137. The van der Waals surface area contributed by atoms with Crippen molar-refractivity contribution in [3.63, 3.8) is 0 Å². The normalized spacial score (nSPS) is 18.5. The fourth-order valence-corrected chi connectivity index (χ4v) is 8.92. The minimum absolute atomic E-state index is 0.323. The summed E-state index contributed by atoms with van der Waals surface area (Å²) >= 11 is 7.58. The standard InChI is InChI=1S/C41H47F3N4O2S2/c1-40(30-47-21-24-49-25-22-47,29-31-11-12-32-7-2-3-8-33(32)27-31)39(51)50-26-23-46-19-17-45(18-20-46)15-6-16-48-35-9-4-5-10-37(35)52-38-14-13-34(28-36(38)48)41(42,43)44/h2-5,7-14,27-28H,6,15-26,29-30H2,1H3. The number of para-hydroxylation sites is 1. The van der Waals surface area contributed by atoms with Gasteiger partial charge in [-0.05, 0) is 78.3 Å². The summed E-state index contributed by atoms with van der Waals surface area (Å²) in [6.07, 6.45) is -2.72. The Labute approximate surface area is 314 Å². The third-order valence-corrected chi connectivity index (χ3v) is 12.2. The molecule has 3 heterocycles. The average Bonchev–Trinajstić information content (AvgIpc) is 3.15. The summed E-state index contributed by atoms with van der Waals surface area (Å²) < 4.78 is 52.9. The monoisotopic (exact) mass is 748 g/mol. The number of nitrogens with zero attached hydrogens (tertiary/aromatic N) is 4. The number of anilines is 2. The molecule has 0 N–H and O–H groups in total. The molecule has 0 bridgehead atoms. The maximum absolute atomic E-state index is 13.6. The van der Waals surface area contributed by atoms with E-state index in [0.29, 0.717) is 23.9 Å². The van der Waals surface area contributed by atoms with Gasteiger partial charge in [0, 0.05) is 68.7 Å². The van der Waals surface area contributed by atoms with Crippen molar-refractivity contribution >= 4 is 51.2 Å². The van der Waals surface area contributed by atoms with Crippen LogP contribution in [0.25, 0.3) is 10.8 Å². The Balaban J connectivity index is 0.901. The van der Waals surface area contributed by atoms with Gasteiger partial charge in [0.25, 0.3) is 0 Å². The number of rotatable bonds is 12. The molecule has 0 amide bonds. The SMILES string of the molecule is CC(Cc1ccc2ccccc2c1)(CN1CCOCC1)C(=S)OCCN1CCN(CCCN2c3ccccc3Sc3ccc(C(F)(F)F)cc32)CC1. The molecule has 4 aromatic carbocycles.